The molecule has 0 saturated heterocycles. The van der Waals surface area contributed by atoms with E-state index in [9.17, 15) is 24.2 Å². The van der Waals surface area contributed by atoms with Gasteiger partial charge in [0.25, 0.3) is 5.56 Å². The van der Waals surface area contributed by atoms with Crippen molar-refractivity contribution in [1.29, 1.82) is 0 Å². The van der Waals surface area contributed by atoms with Crippen LogP contribution in [0.15, 0.2) is 59.4 Å². The Bertz CT molecular complexity index is 1790. The molecule has 1 unspecified atom stereocenters. The first-order valence-electron chi connectivity index (χ1n) is 12.9. The summed E-state index contributed by atoms with van der Waals surface area (Å²) in [5.74, 6) is -0.410. The monoisotopic (exact) mass is 562 g/mol. The van der Waals surface area contributed by atoms with E-state index in [0.717, 1.165) is 16.7 Å². The van der Waals surface area contributed by atoms with E-state index < -0.39 is 19.4 Å². The van der Waals surface area contributed by atoms with Gasteiger partial charge >= 0.3 is 13.8 Å². The lowest BCUT2D eigenvalue weighted by molar-refractivity contribution is -0.149. The van der Waals surface area contributed by atoms with Crippen molar-refractivity contribution in [3.8, 4) is 17.1 Å². The van der Waals surface area contributed by atoms with E-state index in [1.807, 2.05) is 13.0 Å². The molecular weight excluding hydrogens is 535 g/mol. The van der Waals surface area contributed by atoms with Crippen LogP contribution in [0, 0.1) is 6.92 Å². The van der Waals surface area contributed by atoms with Crippen LogP contribution in [-0.4, -0.2) is 25.5 Å². The first-order chi connectivity index (χ1) is 19.1. The molecule has 0 saturated carbocycles. The minimum atomic E-state index is -4.40. The summed E-state index contributed by atoms with van der Waals surface area (Å²) in [6, 6.07) is 15.6. The molecule has 2 aromatic carbocycles. The number of aryl methyl sites for hydroxylation is 1. The Morgan fingerprint density at radius 1 is 1.12 bits per heavy atom. The topological polar surface area (TPSA) is 137 Å². The molecule has 206 valence electrons. The van der Waals surface area contributed by atoms with Crippen LogP contribution < -0.4 is 10.1 Å². The van der Waals surface area contributed by atoms with Gasteiger partial charge in [0.15, 0.2) is 0 Å². The highest BCUT2D eigenvalue weighted by Gasteiger charge is 2.39. The van der Waals surface area contributed by atoms with E-state index in [0.29, 0.717) is 27.9 Å². The lowest BCUT2D eigenvalue weighted by Crippen LogP contribution is -2.32. The fourth-order valence-corrected chi connectivity index (χ4v) is 6.15. The van der Waals surface area contributed by atoms with Gasteiger partial charge in [-0.1, -0.05) is 37.3 Å². The zero-order valence-electron chi connectivity index (χ0n) is 21.9. The van der Waals surface area contributed by atoms with Crippen molar-refractivity contribution >= 4 is 24.7 Å². The van der Waals surface area contributed by atoms with Crippen LogP contribution in [0.4, 0.5) is 0 Å². The number of phosphoric acid groups is 1. The van der Waals surface area contributed by atoms with E-state index >= 15 is 0 Å². The van der Waals surface area contributed by atoms with Crippen LogP contribution in [0.1, 0.15) is 47.6 Å². The summed E-state index contributed by atoms with van der Waals surface area (Å²) in [6.07, 6.45) is 0.00452. The second-order valence-electron chi connectivity index (χ2n) is 10.1. The number of pyridine rings is 2. The number of esters is 1. The van der Waals surface area contributed by atoms with Crippen LogP contribution in [0.5, 0.6) is 5.75 Å². The average Bonchev–Trinajstić information content (AvgIpc) is 3.25. The number of benzene rings is 2. The fourth-order valence-electron chi connectivity index (χ4n) is 5.40. The lowest BCUT2D eigenvalue weighted by atomic mass is 9.85. The number of hydrogen-bond donors (Lipinski definition) is 2. The largest absolute Gasteiger partial charge is 0.527 e. The van der Waals surface area contributed by atoms with Gasteiger partial charge < -0.3 is 18.9 Å². The Morgan fingerprint density at radius 3 is 2.65 bits per heavy atom. The number of aromatic nitrogens is 2. The molecule has 6 rings (SSSR count). The van der Waals surface area contributed by atoms with E-state index in [2.05, 4.69) is 0 Å². The molecule has 10 nitrogen and oxygen atoms in total. The van der Waals surface area contributed by atoms with Crippen LogP contribution >= 0.6 is 7.82 Å². The van der Waals surface area contributed by atoms with Gasteiger partial charge in [0.1, 0.15) is 18.0 Å². The molecule has 2 aliphatic heterocycles. The molecule has 40 heavy (non-hydrogen) atoms. The normalized spacial score (nSPS) is 19.2. The predicted molar refractivity (Wildman–Crippen MR) is 146 cm³/mol. The van der Waals surface area contributed by atoms with Crippen molar-refractivity contribution in [2.75, 3.05) is 0 Å². The molecule has 2 N–H and O–H groups in total. The highest BCUT2D eigenvalue weighted by molar-refractivity contribution is 7.47. The Hall–Kier alpha value is -3.82. The van der Waals surface area contributed by atoms with Gasteiger partial charge in [-0.15, -0.1) is 0 Å². The second kappa shape index (κ2) is 9.67. The van der Waals surface area contributed by atoms with Gasteiger partial charge in [-0.05, 0) is 54.3 Å². The lowest BCUT2D eigenvalue weighted by Gasteiger charge is -2.26. The molecule has 2 aliphatic rings. The smallest absolute Gasteiger partial charge is 0.460 e. The van der Waals surface area contributed by atoms with E-state index in [1.54, 1.807) is 54.0 Å². The molecule has 0 amide bonds. The summed E-state index contributed by atoms with van der Waals surface area (Å²) < 4.78 is 29.9. The zero-order valence-corrected chi connectivity index (χ0v) is 22.8. The maximum atomic E-state index is 13.6. The molecule has 0 aliphatic carbocycles. The molecule has 0 spiro atoms. The SMILES string of the molecule is CC[C@@]1(O)CC(=O)OCc2c1cc1n(c2=O)Cc2c-1nc1ccc(OP(=O)(O)OCc3ccccc3)cc1c2C. The van der Waals surface area contributed by atoms with Crippen LogP contribution in [0.2, 0.25) is 0 Å². The Morgan fingerprint density at radius 2 is 1.90 bits per heavy atom. The van der Waals surface area contributed by atoms with Gasteiger partial charge in [-0.3, -0.25) is 19.0 Å². The second-order valence-corrected chi connectivity index (χ2v) is 11.5. The van der Waals surface area contributed by atoms with Crippen LogP contribution in [0.25, 0.3) is 22.3 Å². The summed E-state index contributed by atoms with van der Waals surface area (Å²) in [5, 5.41) is 12.0. The van der Waals surface area contributed by atoms with E-state index in [1.165, 1.54) is 6.07 Å². The number of aliphatic hydroxyl groups is 1. The number of rotatable bonds is 6. The fraction of sp³-hybridized carbons (Fsp3) is 0.276. The number of cyclic esters (lactones) is 1. The minimum Gasteiger partial charge on any atom is -0.460 e. The zero-order chi connectivity index (χ0) is 28.2. The number of phosphoric ester groups is 1. The number of ether oxygens (including phenoxy) is 1. The maximum Gasteiger partial charge on any atom is 0.527 e. The van der Waals surface area contributed by atoms with Crippen molar-refractivity contribution in [1.82, 2.24) is 9.55 Å². The Balaban J connectivity index is 1.36. The molecule has 11 heteroatoms. The number of carbonyl (C=O) groups is 1. The molecule has 4 heterocycles. The van der Waals surface area contributed by atoms with Gasteiger partial charge in [0.05, 0.1) is 42.0 Å². The third-order valence-corrected chi connectivity index (χ3v) is 8.56. The molecule has 2 aromatic heterocycles. The summed E-state index contributed by atoms with van der Waals surface area (Å²) in [4.78, 5) is 40.8. The standard InChI is InChI=1S/C29H27N2O8P/c1-3-29(34)13-26(32)37-16-22-23(29)12-25-27-21(14-31(25)28(22)33)17(2)20-11-19(9-10-24(20)30-27)39-40(35,36)38-15-18-7-5-4-6-8-18/h4-12,34H,3,13-16H2,1-2H3,(H,35,36)/t29-/m1/s1. The molecule has 2 atom stereocenters. The Labute approximate surface area is 229 Å². The van der Waals surface area contributed by atoms with Gasteiger partial charge in [0.2, 0.25) is 0 Å². The highest BCUT2D eigenvalue weighted by atomic mass is 31.2. The van der Waals surface area contributed by atoms with Crippen LogP contribution in [0.3, 0.4) is 0 Å². The average molecular weight is 563 g/mol. The number of hydrogen-bond acceptors (Lipinski definition) is 8. The Kier molecular flexibility index (Phi) is 6.39. The summed E-state index contributed by atoms with van der Waals surface area (Å²) in [5.41, 5.74) is 2.94. The van der Waals surface area contributed by atoms with Crippen molar-refractivity contribution in [3.05, 3.63) is 92.8 Å². The quantitative estimate of drug-likeness (QED) is 0.227. The summed E-state index contributed by atoms with van der Waals surface area (Å²) in [6.45, 7) is 3.61. The predicted octanol–water partition coefficient (Wildman–Crippen LogP) is 4.47. The number of carbonyl (C=O) groups excluding carboxylic acids is 1. The number of nitrogens with zero attached hydrogens (tertiary/aromatic N) is 2. The molecule has 4 aromatic rings. The van der Waals surface area contributed by atoms with Crippen molar-refractivity contribution in [2.45, 2.75) is 52.0 Å². The summed E-state index contributed by atoms with van der Waals surface area (Å²) in [7, 11) is -4.40. The van der Waals surface area contributed by atoms with Crippen molar-refractivity contribution in [2.24, 2.45) is 0 Å². The highest BCUT2D eigenvalue weighted by Crippen LogP contribution is 2.46. The summed E-state index contributed by atoms with van der Waals surface area (Å²) >= 11 is 0. The third-order valence-electron chi connectivity index (χ3n) is 7.66. The van der Waals surface area contributed by atoms with Crippen LogP contribution in [-0.2, 0) is 44.0 Å². The molecular formula is C29H27N2O8P. The maximum absolute atomic E-state index is 13.6. The molecule has 0 bridgehead atoms. The third kappa shape index (κ3) is 4.53. The minimum absolute atomic E-state index is 0.0837. The van der Waals surface area contributed by atoms with Gasteiger partial charge in [-0.2, -0.15) is 0 Å². The molecule has 0 radical (unpaired) electrons. The number of fused-ring (bicyclic) bond motifs is 5. The van der Waals surface area contributed by atoms with Crippen molar-refractivity contribution in [3.63, 3.8) is 0 Å². The van der Waals surface area contributed by atoms with Gasteiger partial charge in [0, 0.05) is 10.9 Å². The first kappa shape index (κ1) is 26.4. The van der Waals surface area contributed by atoms with E-state index in [4.69, 9.17) is 18.8 Å². The molecule has 0 fully saturated rings. The van der Waals surface area contributed by atoms with E-state index in [-0.39, 0.29) is 49.5 Å². The van der Waals surface area contributed by atoms with Crippen molar-refractivity contribution < 1.29 is 33.1 Å². The van der Waals surface area contributed by atoms with Gasteiger partial charge in [-0.25, -0.2) is 9.55 Å². The first-order valence-corrected chi connectivity index (χ1v) is 14.4.